The first-order chi connectivity index (χ1) is 12.1. The van der Waals surface area contributed by atoms with Crippen molar-refractivity contribution in [2.24, 2.45) is 11.8 Å². The molecule has 2 atom stereocenters. The molecule has 0 unspecified atom stereocenters. The lowest BCUT2D eigenvalue weighted by atomic mass is 9.86. The number of hydrogen-bond donors (Lipinski definition) is 2. The number of anilines is 1. The average molecular weight is 338 g/mol. The Balaban J connectivity index is 1.49. The zero-order chi connectivity index (χ0) is 17.4. The molecule has 6 nitrogen and oxygen atoms in total. The van der Waals surface area contributed by atoms with Crippen molar-refractivity contribution in [3.63, 3.8) is 0 Å². The molecule has 4 rings (SSSR count). The summed E-state index contributed by atoms with van der Waals surface area (Å²) in [5.74, 6) is 1.17. The number of likely N-dealkylation sites (tertiary alicyclic amines) is 1. The maximum atomic E-state index is 12.6. The molecule has 0 radical (unpaired) electrons. The summed E-state index contributed by atoms with van der Waals surface area (Å²) in [5, 5.41) is 2.98. The second-order valence-corrected chi connectivity index (χ2v) is 6.92. The molecule has 1 aromatic carbocycles. The fourth-order valence-electron chi connectivity index (χ4n) is 3.88. The molecule has 2 N–H and O–H groups in total. The van der Waals surface area contributed by atoms with Gasteiger partial charge >= 0.3 is 11.7 Å². The summed E-state index contributed by atoms with van der Waals surface area (Å²) < 4.78 is 1.59. The first-order valence-electron chi connectivity index (χ1n) is 8.70. The van der Waals surface area contributed by atoms with Crippen LogP contribution in [0.4, 0.5) is 10.5 Å². The van der Waals surface area contributed by atoms with Gasteiger partial charge in [0.15, 0.2) is 0 Å². The Morgan fingerprint density at radius 1 is 1.20 bits per heavy atom. The van der Waals surface area contributed by atoms with Crippen LogP contribution in [0.3, 0.4) is 0 Å². The minimum Gasteiger partial charge on any atom is -0.324 e. The standard InChI is InChI=1S/C19H22N4O2/c1-13-10-20-18(24)23(13)17-8-4-7-16(9-17)21-19(25)22-11-14-5-2-3-6-15(14)12-22/h2-4,7-10,14-15H,5-6,11-12H2,1H3,(H,20,24)(H,21,25)/t14-,15-/m1/s1. The number of fused-ring (bicyclic) bond motifs is 1. The maximum Gasteiger partial charge on any atom is 0.330 e. The van der Waals surface area contributed by atoms with E-state index < -0.39 is 0 Å². The van der Waals surface area contributed by atoms with Gasteiger partial charge in [0.2, 0.25) is 0 Å². The van der Waals surface area contributed by atoms with E-state index in [1.54, 1.807) is 10.8 Å². The fourth-order valence-corrected chi connectivity index (χ4v) is 3.88. The van der Waals surface area contributed by atoms with Crippen molar-refractivity contribution in [2.75, 3.05) is 18.4 Å². The van der Waals surface area contributed by atoms with E-state index >= 15 is 0 Å². The van der Waals surface area contributed by atoms with Gasteiger partial charge in [0.25, 0.3) is 0 Å². The Hall–Kier alpha value is -2.76. The van der Waals surface area contributed by atoms with Gasteiger partial charge in [-0.3, -0.25) is 4.57 Å². The number of aromatic amines is 1. The van der Waals surface area contributed by atoms with Gasteiger partial charge in [-0.15, -0.1) is 0 Å². The summed E-state index contributed by atoms with van der Waals surface area (Å²) in [4.78, 5) is 29.1. The lowest BCUT2D eigenvalue weighted by molar-refractivity contribution is 0.220. The number of amides is 2. The largest absolute Gasteiger partial charge is 0.330 e. The molecule has 2 heterocycles. The zero-order valence-electron chi connectivity index (χ0n) is 14.2. The zero-order valence-corrected chi connectivity index (χ0v) is 14.2. The predicted molar refractivity (Wildman–Crippen MR) is 97.1 cm³/mol. The number of nitrogens with zero attached hydrogens (tertiary/aromatic N) is 2. The predicted octanol–water partition coefficient (Wildman–Crippen LogP) is 2.90. The first-order valence-corrected chi connectivity index (χ1v) is 8.70. The number of aryl methyl sites for hydroxylation is 1. The Kier molecular flexibility index (Phi) is 3.95. The van der Waals surface area contributed by atoms with E-state index in [0.717, 1.165) is 37.3 Å². The van der Waals surface area contributed by atoms with E-state index in [-0.39, 0.29) is 11.7 Å². The van der Waals surface area contributed by atoms with Gasteiger partial charge in [-0.2, -0.15) is 0 Å². The van der Waals surface area contributed by atoms with E-state index in [9.17, 15) is 9.59 Å². The van der Waals surface area contributed by atoms with E-state index in [2.05, 4.69) is 22.5 Å². The van der Waals surface area contributed by atoms with Crippen LogP contribution in [-0.2, 0) is 0 Å². The van der Waals surface area contributed by atoms with Gasteiger partial charge < -0.3 is 15.2 Å². The van der Waals surface area contributed by atoms with Crippen LogP contribution in [0.5, 0.6) is 0 Å². The highest BCUT2D eigenvalue weighted by atomic mass is 16.2. The van der Waals surface area contributed by atoms with Crippen LogP contribution in [0.1, 0.15) is 18.5 Å². The highest BCUT2D eigenvalue weighted by Crippen LogP contribution is 2.33. The quantitative estimate of drug-likeness (QED) is 0.827. The Morgan fingerprint density at radius 2 is 1.92 bits per heavy atom. The summed E-state index contributed by atoms with van der Waals surface area (Å²) in [7, 11) is 0. The molecule has 1 aliphatic heterocycles. The van der Waals surface area contributed by atoms with Gasteiger partial charge in [-0.1, -0.05) is 18.2 Å². The van der Waals surface area contributed by atoms with Crippen molar-refractivity contribution in [1.82, 2.24) is 14.5 Å². The van der Waals surface area contributed by atoms with E-state index in [0.29, 0.717) is 17.5 Å². The second kappa shape index (κ2) is 6.27. The van der Waals surface area contributed by atoms with Crippen LogP contribution < -0.4 is 11.0 Å². The second-order valence-electron chi connectivity index (χ2n) is 6.92. The van der Waals surface area contributed by atoms with Crippen molar-refractivity contribution < 1.29 is 4.79 Å². The number of nitrogens with one attached hydrogen (secondary N) is 2. The highest BCUT2D eigenvalue weighted by molar-refractivity contribution is 5.89. The van der Waals surface area contributed by atoms with Gasteiger partial charge in [0.05, 0.1) is 5.69 Å². The van der Waals surface area contributed by atoms with E-state index in [4.69, 9.17) is 0 Å². The molecule has 2 aliphatic rings. The molecular weight excluding hydrogens is 316 g/mol. The van der Waals surface area contributed by atoms with Gasteiger partial charge in [0.1, 0.15) is 0 Å². The SMILES string of the molecule is Cc1c[nH]c(=O)n1-c1cccc(NC(=O)N2C[C@H]3CC=CC[C@@H]3C2)c1. The van der Waals surface area contributed by atoms with Crippen molar-refractivity contribution in [2.45, 2.75) is 19.8 Å². The molecule has 1 fully saturated rings. The Morgan fingerprint density at radius 3 is 2.56 bits per heavy atom. The number of allylic oxidation sites excluding steroid dienone is 2. The number of carbonyl (C=O) groups excluding carboxylic acids is 1. The molecule has 25 heavy (non-hydrogen) atoms. The maximum absolute atomic E-state index is 12.6. The van der Waals surface area contributed by atoms with Crippen LogP contribution in [0.15, 0.2) is 47.4 Å². The molecule has 130 valence electrons. The number of aromatic nitrogens is 2. The van der Waals surface area contributed by atoms with Crippen LogP contribution in [-0.4, -0.2) is 33.6 Å². The number of hydrogen-bond acceptors (Lipinski definition) is 2. The summed E-state index contributed by atoms with van der Waals surface area (Å²) in [6, 6.07) is 7.31. The van der Waals surface area contributed by atoms with Crippen LogP contribution >= 0.6 is 0 Å². The monoisotopic (exact) mass is 338 g/mol. The number of rotatable bonds is 2. The van der Waals surface area contributed by atoms with Crippen molar-refractivity contribution in [3.05, 3.63) is 58.8 Å². The topological polar surface area (TPSA) is 70.1 Å². The third-order valence-electron chi connectivity index (χ3n) is 5.22. The highest BCUT2D eigenvalue weighted by Gasteiger charge is 2.35. The number of urea groups is 1. The molecule has 2 aromatic rings. The summed E-state index contributed by atoms with van der Waals surface area (Å²) in [5.41, 5.74) is 2.07. The molecule has 1 aliphatic carbocycles. The van der Waals surface area contributed by atoms with Gasteiger partial charge in [-0.25, -0.2) is 9.59 Å². The van der Waals surface area contributed by atoms with Crippen LogP contribution in [0, 0.1) is 18.8 Å². The molecule has 1 aromatic heterocycles. The molecule has 2 amide bonds. The average Bonchev–Trinajstić information content (AvgIpc) is 3.18. The fraction of sp³-hybridized carbons (Fsp3) is 0.368. The minimum absolute atomic E-state index is 0.0651. The van der Waals surface area contributed by atoms with Crippen molar-refractivity contribution >= 4 is 11.7 Å². The Bertz CT molecular complexity index is 864. The molecule has 6 heteroatoms. The summed E-state index contributed by atoms with van der Waals surface area (Å²) >= 11 is 0. The van der Waals surface area contributed by atoms with E-state index in [1.807, 2.05) is 36.1 Å². The van der Waals surface area contributed by atoms with Crippen molar-refractivity contribution in [1.29, 1.82) is 0 Å². The molecule has 0 saturated carbocycles. The summed E-state index contributed by atoms with van der Waals surface area (Å²) in [6.07, 6.45) is 8.26. The third kappa shape index (κ3) is 2.99. The van der Waals surface area contributed by atoms with Gasteiger partial charge in [0, 0.05) is 30.7 Å². The van der Waals surface area contributed by atoms with Crippen molar-refractivity contribution in [3.8, 4) is 5.69 Å². The number of imidazole rings is 1. The number of benzene rings is 1. The molecule has 0 bridgehead atoms. The third-order valence-corrected chi connectivity index (χ3v) is 5.22. The normalized spacial score (nSPS) is 22.0. The molecule has 1 saturated heterocycles. The van der Waals surface area contributed by atoms with Crippen LogP contribution in [0.25, 0.3) is 5.69 Å². The first kappa shape index (κ1) is 15.7. The van der Waals surface area contributed by atoms with Gasteiger partial charge in [-0.05, 0) is 49.8 Å². The van der Waals surface area contributed by atoms with E-state index in [1.165, 1.54) is 0 Å². The minimum atomic E-state index is -0.183. The number of carbonyl (C=O) groups is 1. The number of H-pyrrole nitrogens is 1. The smallest absolute Gasteiger partial charge is 0.324 e. The molecule has 0 spiro atoms. The Labute approximate surface area is 146 Å². The molecular formula is C19H22N4O2. The lowest BCUT2D eigenvalue weighted by Crippen LogP contribution is -2.33. The summed E-state index contributed by atoms with van der Waals surface area (Å²) in [6.45, 7) is 3.50. The van der Waals surface area contributed by atoms with Crippen LogP contribution in [0.2, 0.25) is 0 Å². The lowest BCUT2D eigenvalue weighted by Gasteiger charge is -2.17.